The minimum Gasteiger partial charge on any atom is -0.478 e. The van der Waals surface area contributed by atoms with Crippen LogP contribution in [0.15, 0.2) is 21.5 Å². The van der Waals surface area contributed by atoms with Crippen molar-refractivity contribution in [2.45, 2.75) is 11.8 Å². The van der Waals surface area contributed by atoms with E-state index in [2.05, 4.69) is 20.7 Å². The van der Waals surface area contributed by atoms with Gasteiger partial charge in [0.25, 0.3) is 0 Å². The molecule has 0 aliphatic heterocycles. The third kappa shape index (κ3) is 5.04. The second kappa shape index (κ2) is 6.40. The average Bonchev–Trinajstić information content (AvgIpc) is 2.29. The molecule has 118 valence electrons. The first-order chi connectivity index (χ1) is 9.44. The first-order valence-electron chi connectivity index (χ1n) is 5.47. The molecule has 1 aromatic rings. The molecule has 0 fully saturated rings. The van der Waals surface area contributed by atoms with Gasteiger partial charge in [0, 0.05) is 11.0 Å². The van der Waals surface area contributed by atoms with E-state index in [1.54, 1.807) is 0 Å². The van der Waals surface area contributed by atoms with Crippen molar-refractivity contribution in [2.75, 3.05) is 12.3 Å². The minimum atomic E-state index is -4.06. The van der Waals surface area contributed by atoms with Gasteiger partial charge in [0.05, 0.1) is 16.2 Å². The first kappa shape index (κ1) is 18.0. The summed E-state index contributed by atoms with van der Waals surface area (Å²) < 4.78 is 48.1. The molecular formula is C10H13BrN2O6S2. The second-order valence-corrected chi connectivity index (χ2v) is 8.47. The van der Waals surface area contributed by atoms with E-state index in [1.165, 1.54) is 13.0 Å². The Morgan fingerprint density at radius 1 is 1.33 bits per heavy atom. The van der Waals surface area contributed by atoms with E-state index in [0.29, 0.717) is 10.0 Å². The van der Waals surface area contributed by atoms with Crippen molar-refractivity contribution in [1.29, 1.82) is 0 Å². The van der Waals surface area contributed by atoms with E-state index >= 15 is 0 Å². The maximum atomic E-state index is 12.1. The van der Waals surface area contributed by atoms with Crippen molar-refractivity contribution in [3.05, 3.63) is 27.7 Å². The van der Waals surface area contributed by atoms with Gasteiger partial charge in [-0.15, -0.1) is 0 Å². The molecular weight excluding hydrogens is 388 g/mol. The molecule has 0 amide bonds. The summed E-state index contributed by atoms with van der Waals surface area (Å²) >= 11 is 3.09. The van der Waals surface area contributed by atoms with Crippen LogP contribution in [-0.4, -0.2) is 40.2 Å². The van der Waals surface area contributed by atoms with Crippen molar-refractivity contribution in [2.24, 2.45) is 5.14 Å². The summed E-state index contributed by atoms with van der Waals surface area (Å²) in [7, 11) is -7.85. The zero-order valence-electron chi connectivity index (χ0n) is 10.8. The van der Waals surface area contributed by atoms with Crippen LogP contribution in [0.3, 0.4) is 0 Å². The highest BCUT2D eigenvalue weighted by atomic mass is 79.9. The number of rotatable bonds is 6. The normalized spacial score (nSPS) is 12.3. The molecule has 1 rings (SSSR count). The first-order valence-corrected chi connectivity index (χ1v) is 9.47. The van der Waals surface area contributed by atoms with Crippen LogP contribution >= 0.6 is 15.9 Å². The van der Waals surface area contributed by atoms with E-state index < -0.39 is 38.3 Å². The lowest BCUT2D eigenvalue weighted by Gasteiger charge is -2.11. The van der Waals surface area contributed by atoms with E-state index in [4.69, 9.17) is 10.2 Å². The summed E-state index contributed by atoms with van der Waals surface area (Å²) in [4.78, 5) is 10.7. The lowest BCUT2D eigenvalue weighted by Crippen LogP contribution is -2.32. The summed E-state index contributed by atoms with van der Waals surface area (Å²) in [6.07, 6.45) is 0. The predicted molar refractivity (Wildman–Crippen MR) is 79.0 cm³/mol. The topological polar surface area (TPSA) is 144 Å². The SMILES string of the molecule is Cc1c(Br)cc(C(=O)O)cc1S(=O)(=O)NCCS(N)(=O)=O. The Morgan fingerprint density at radius 3 is 2.38 bits per heavy atom. The number of halogens is 1. The van der Waals surface area contributed by atoms with Crippen molar-refractivity contribution in [1.82, 2.24) is 4.72 Å². The molecule has 0 aliphatic carbocycles. The van der Waals surface area contributed by atoms with Crippen molar-refractivity contribution < 1.29 is 26.7 Å². The predicted octanol–water partition coefficient (Wildman–Crippen LogP) is 0.0225. The zero-order chi connectivity index (χ0) is 16.4. The van der Waals surface area contributed by atoms with Crippen LogP contribution < -0.4 is 9.86 Å². The molecule has 1 aromatic carbocycles. The van der Waals surface area contributed by atoms with Crippen LogP contribution in [0.2, 0.25) is 0 Å². The summed E-state index contributed by atoms with van der Waals surface area (Å²) in [5.74, 6) is -1.85. The van der Waals surface area contributed by atoms with Gasteiger partial charge in [-0.1, -0.05) is 15.9 Å². The molecule has 0 saturated heterocycles. The lowest BCUT2D eigenvalue weighted by atomic mass is 10.1. The maximum absolute atomic E-state index is 12.1. The Morgan fingerprint density at radius 2 is 1.90 bits per heavy atom. The van der Waals surface area contributed by atoms with E-state index in [0.717, 1.165) is 6.07 Å². The molecule has 8 nitrogen and oxygen atoms in total. The van der Waals surface area contributed by atoms with E-state index in [1.807, 2.05) is 0 Å². The zero-order valence-corrected chi connectivity index (χ0v) is 14.0. The van der Waals surface area contributed by atoms with Gasteiger partial charge in [-0.2, -0.15) is 0 Å². The van der Waals surface area contributed by atoms with E-state index in [-0.39, 0.29) is 10.5 Å². The Bertz CT molecular complexity index is 773. The Hall–Kier alpha value is -1.01. The fraction of sp³-hybridized carbons (Fsp3) is 0.300. The second-order valence-electron chi connectivity index (χ2n) is 4.15. The van der Waals surface area contributed by atoms with Gasteiger partial charge in [-0.25, -0.2) is 31.5 Å². The Kier molecular flexibility index (Phi) is 5.50. The molecule has 0 aromatic heterocycles. The molecule has 21 heavy (non-hydrogen) atoms. The van der Waals surface area contributed by atoms with Gasteiger partial charge in [0.1, 0.15) is 0 Å². The maximum Gasteiger partial charge on any atom is 0.335 e. The minimum absolute atomic E-state index is 0.209. The van der Waals surface area contributed by atoms with Crippen molar-refractivity contribution in [3.8, 4) is 0 Å². The van der Waals surface area contributed by atoms with Crippen LogP contribution in [0.25, 0.3) is 0 Å². The number of carboxylic acids is 1. The summed E-state index contributed by atoms with van der Waals surface area (Å²) in [6.45, 7) is 1.08. The number of carbonyl (C=O) groups is 1. The van der Waals surface area contributed by atoms with Crippen LogP contribution in [0.1, 0.15) is 15.9 Å². The van der Waals surface area contributed by atoms with Gasteiger partial charge in [-0.05, 0) is 24.6 Å². The number of hydrogen-bond donors (Lipinski definition) is 3. The Labute approximate surface area is 130 Å². The third-order valence-electron chi connectivity index (χ3n) is 2.51. The quantitative estimate of drug-likeness (QED) is 0.613. The molecule has 0 aliphatic rings. The number of carboxylic acid groups (broad SMARTS) is 1. The fourth-order valence-corrected chi connectivity index (χ4v) is 3.88. The van der Waals surface area contributed by atoms with E-state index in [9.17, 15) is 21.6 Å². The molecule has 11 heteroatoms. The third-order valence-corrected chi connectivity index (χ3v) is 5.70. The highest BCUT2D eigenvalue weighted by Gasteiger charge is 2.21. The largest absolute Gasteiger partial charge is 0.478 e. The van der Waals surface area contributed by atoms with Crippen molar-refractivity contribution in [3.63, 3.8) is 0 Å². The standard InChI is InChI=1S/C10H13BrN2O6S2/c1-6-8(11)4-7(10(14)15)5-9(6)21(18,19)13-2-3-20(12,16)17/h4-5,13H,2-3H2,1H3,(H,14,15)(H2,12,16,17). The molecule has 0 atom stereocenters. The molecule has 0 heterocycles. The number of nitrogens with one attached hydrogen (secondary N) is 1. The smallest absolute Gasteiger partial charge is 0.335 e. The fourth-order valence-electron chi connectivity index (χ4n) is 1.45. The molecule has 4 N–H and O–H groups in total. The van der Waals surface area contributed by atoms with Gasteiger partial charge in [-0.3, -0.25) is 0 Å². The average molecular weight is 401 g/mol. The number of sulfonamides is 2. The highest BCUT2D eigenvalue weighted by Crippen LogP contribution is 2.25. The monoisotopic (exact) mass is 400 g/mol. The van der Waals surface area contributed by atoms with Gasteiger partial charge < -0.3 is 5.11 Å². The summed E-state index contributed by atoms with van der Waals surface area (Å²) in [6, 6.07) is 2.28. The van der Waals surface area contributed by atoms with Crippen molar-refractivity contribution >= 4 is 41.9 Å². The highest BCUT2D eigenvalue weighted by molar-refractivity contribution is 9.10. The number of aromatic carboxylic acids is 1. The lowest BCUT2D eigenvalue weighted by molar-refractivity contribution is 0.0696. The van der Waals surface area contributed by atoms with Crippen LogP contribution in [0, 0.1) is 6.92 Å². The van der Waals surface area contributed by atoms with Gasteiger partial charge >= 0.3 is 5.97 Å². The van der Waals surface area contributed by atoms with Gasteiger partial charge in [0.15, 0.2) is 0 Å². The summed E-state index contributed by atoms with van der Waals surface area (Å²) in [5.41, 5.74) is 0.0994. The number of hydrogen-bond acceptors (Lipinski definition) is 5. The number of benzene rings is 1. The van der Waals surface area contributed by atoms with Gasteiger partial charge in [0.2, 0.25) is 20.0 Å². The van der Waals surface area contributed by atoms with Crippen LogP contribution in [-0.2, 0) is 20.0 Å². The molecule has 0 radical (unpaired) electrons. The van der Waals surface area contributed by atoms with Crippen LogP contribution in [0.5, 0.6) is 0 Å². The molecule has 0 bridgehead atoms. The number of nitrogens with two attached hydrogens (primary N) is 1. The number of primary sulfonamides is 1. The Balaban J connectivity index is 3.16. The summed E-state index contributed by atoms with van der Waals surface area (Å²) in [5, 5.41) is 13.7. The molecule has 0 spiro atoms. The van der Waals surface area contributed by atoms with Crippen LogP contribution in [0.4, 0.5) is 0 Å². The molecule has 0 unspecified atom stereocenters. The molecule has 0 saturated carbocycles.